The molecule has 1 aromatic rings. The van der Waals surface area contributed by atoms with E-state index in [1.807, 2.05) is 0 Å². The predicted molar refractivity (Wildman–Crippen MR) is 46.6 cm³/mol. The molecule has 7 nitrogen and oxygen atoms in total. The fraction of sp³-hybridized carbons (Fsp3) is 0.143. The average Bonchev–Trinajstić information content (AvgIpc) is 2.19. The van der Waals surface area contributed by atoms with E-state index in [-0.39, 0.29) is 12.3 Å². The van der Waals surface area contributed by atoms with Crippen LogP contribution >= 0.6 is 0 Å². The molecule has 4 N–H and O–H groups in total. The number of hydrogen-bond donors (Lipinski definition) is 2. The molecule has 0 aliphatic rings. The van der Waals surface area contributed by atoms with Crippen molar-refractivity contribution >= 4 is 5.91 Å². The summed E-state index contributed by atoms with van der Waals surface area (Å²) in [7, 11) is 0. The van der Waals surface area contributed by atoms with Crippen molar-refractivity contribution in [2.75, 3.05) is 0 Å². The Kier molecular flexibility index (Phi) is 3.65. The lowest BCUT2D eigenvalue weighted by Crippen LogP contribution is -2.05. The predicted octanol–water partition coefficient (Wildman–Crippen LogP) is -0.0620. The zero-order valence-corrected chi connectivity index (χ0v) is 7.25. The molecule has 7 heteroatoms. The summed E-state index contributed by atoms with van der Waals surface area (Å²) in [6.07, 6.45) is 0. The molecule has 0 aliphatic carbocycles. The van der Waals surface area contributed by atoms with Crippen LogP contribution in [0.2, 0.25) is 0 Å². The maximum atomic E-state index is 11.1. The molecule has 0 radical (unpaired) electrons. The van der Waals surface area contributed by atoms with Gasteiger partial charge >= 0.3 is 5.91 Å². The Morgan fingerprint density at radius 2 is 2.36 bits per heavy atom. The molecule has 0 fully saturated rings. The summed E-state index contributed by atoms with van der Waals surface area (Å²) in [4.78, 5) is 19.4. The Bertz CT molecular complexity index is 352. The van der Waals surface area contributed by atoms with Gasteiger partial charge in [-0.25, -0.2) is 10.9 Å². The molecule has 0 aromatic carbocycles. The number of carbonyl (C=O) groups is 1. The van der Waals surface area contributed by atoms with E-state index in [1.54, 1.807) is 12.1 Å². The van der Waals surface area contributed by atoms with Crippen LogP contribution in [0.1, 0.15) is 16.2 Å². The van der Waals surface area contributed by atoms with Gasteiger partial charge < -0.3 is 5.84 Å². The van der Waals surface area contributed by atoms with Crippen LogP contribution in [0.4, 0.5) is 0 Å². The van der Waals surface area contributed by atoms with Gasteiger partial charge in [0.15, 0.2) is 0 Å². The van der Waals surface area contributed by atoms with Crippen molar-refractivity contribution < 1.29 is 9.63 Å². The summed E-state index contributed by atoms with van der Waals surface area (Å²) in [5.41, 5.74) is 0.680. The lowest BCUT2D eigenvalue weighted by atomic mass is 10.3. The van der Waals surface area contributed by atoms with Crippen LogP contribution in [-0.2, 0) is 11.4 Å². The molecule has 0 spiro atoms. The molecule has 1 aromatic heterocycles. The highest BCUT2D eigenvalue weighted by Crippen LogP contribution is 2.02. The fourth-order valence-corrected chi connectivity index (χ4v) is 0.868. The van der Waals surface area contributed by atoms with Gasteiger partial charge in [-0.1, -0.05) is 16.4 Å². The smallest absolute Gasteiger partial charge is 0.304 e. The van der Waals surface area contributed by atoms with E-state index < -0.39 is 5.91 Å². The van der Waals surface area contributed by atoms with Gasteiger partial charge in [-0.3, -0.25) is 9.63 Å². The molecule has 0 aliphatic heterocycles. The third-order valence-electron chi connectivity index (χ3n) is 1.41. The average molecular weight is 195 g/mol. The van der Waals surface area contributed by atoms with Crippen molar-refractivity contribution in [2.24, 2.45) is 22.1 Å². The van der Waals surface area contributed by atoms with E-state index in [0.29, 0.717) is 5.69 Å². The monoisotopic (exact) mass is 195 g/mol. The van der Waals surface area contributed by atoms with Gasteiger partial charge in [0.1, 0.15) is 12.3 Å². The number of carbonyl (C=O) groups excluding carboxylic acids is 1. The molecule has 14 heavy (non-hydrogen) atoms. The fourth-order valence-electron chi connectivity index (χ4n) is 0.868. The van der Waals surface area contributed by atoms with Gasteiger partial charge in [0.05, 0.1) is 5.69 Å². The van der Waals surface area contributed by atoms with Crippen molar-refractivity contribution in [3.8, 4) is 0 Å². The number of rotatable bonds is 3. The first-order chi connectivity index (χ1) is 6.77. The van der Waals surface area contributed by atoms with Gasteiger partial charge in [0, 0.05) is 0 Å². The van der Waals surface area contributed by atoms with Crippen LogP contribution in [0.5, 0.6) is 0 Å². The number of hydrogen-bond acceptors (Lipinski definition) is 5. The van der Waals surface area contributed by atoms with Gasteiger partial charge in [0.2, 0.25) is 0 Å². The number of nitrogens with two attached hydrogens (primary N) is 2. The van der Waals surface area contributed by atoms with Crippen LogP contribution < -0.4 is 11.7 Å². The summed E-state index contributed by atoms with van der Waals surface area (Å²) in [6.45, 7) is 0.126. The van der Waals surface area contributed by atoms with E-state index in [2.05, 4.69) is 20.2 Å². The molecule has 0 saturated heterocycles. The minimum atomic E-state index is -0.605. The van der Waals surface area contributed by atoms with E-state index in [1.165, 1.54) is 6.07 Å². The van der Waals surface area contributed by atoms with Gasteiger partial charge in [-0.05, 0) is 12.1 Å². The standard InChI is InChI=1S/C7H9N5O2/c8-12-11-7(13)6-3-1-2-5(10-6)4-14-9/h1-3H,4,9H2,(H2,8,11,13). The first-order valence-electron chi connectivity index (χ1n) is 3.71. The Hall–Kier alpha value is -1.86. The van der Waals surface area contributed by atoms with Crippen molar-refractivity contribution in [3.05, 3.63) is 29.6 Å². The molecule has 74 valence electrons. The minimum Gasteiger partial charge on any atom is -0.304 e. The normalized spacial score (nSPS) is 10.6. The Balaban J connectivity index is 2.87. The third-order valence-corrected chi connectivity index (χ3v) is 1.41. The van der Waals surface area contributed by atoms with Crippen molar-refractivity contribution in [2.45, 2.75) is 6.61 Å². The summed E-state index contributed by atoms with van der Waals surface area (Å²) < 4.78 is 0. The first kappa shape index (κ1) is 10.2. The molecular weight excluding hydrogens is 186 g/mol. The molecule has 0 atom stereocenters. The maximum absolute atomic E-state index is 11.1. The third kappa shape index (κ3) is 2.57. The highest BCUT2D eigenvalue weighted by atomic mass is 16.6. The number of amides is 1. The van der Waals surface area contributed by atoms with Crippen LogP contribution in [0.25, 0.3) is 0 Å². The Morgan fingerprint density at radius 1 is 1.57 bits per heavy atom. The molecule has 0 unspecified atom stereocenters. The largest absolute Gasteiger partial charge is 0.315 e. The zero-order valence-electron chi connectivity index (χ0n) is 7.25. The quantitative estimate of drug-likeness (QED) is 0.398. The second kappa shape index (κ2) is 5.00. The van der Waals surface area contributed by atoms with Crippen molar-refractivity contribution in [1.82, 2.24) is 4.98 Å². The first-order valence-corrected chi connectivity index (χ1v) is 3.71. The van der Waals surface area contributed by atoms with Crippen LogP contribution in [0, 0.1) is 0 Å². The summed E-state index contributed by atoms with van der Waals surface area (Å²) >= 11 is 0. The lowest BCUT2D eigenvalue weighted by molar-refractivity contribution is 0.0985. The van der Waals surface area contributed by atoms with E-state index in [9.17, 15) is 4.79 Å². The molecule has 1 amide bonds. The summed E-state index contributed by atoms with van der Waals surface area (Å²) in [6, 6.07) is 4.81. The second-order valence-corrected chi connectivity index (χ2v) is 2.35. The summed E-state index contributed by atoms with van der Waals surface area (Å²) in [5, 5.41) is 5.99. The second-order valence-electron chi connectivity index (χ2n) is 2.35. The number of nitrogens with zero attached hydrogens (tertiary/aromatic N) is 3. The summed E-state index contributed by atoms with van der Waals surface area (Å²) in [5.74, 6) is 8.98. The zero-order chi connectivity index (χ0) is 10.4. The minimum absolute atomic E-state index is 0.126. The Morgan fingerprint density at radius 3 is 3.00 bits per heavy atom. The molecule has 1 rings (SSSR count). The highest BCUT2D eigenvalue weighted by Gasteiger charge is 2.06. The Labute approximate surface area is 79.7 Å². The number of pyridine rings is 1. The van der Waals surface area contributed by atoms with Crippen molar-refractivity contribution in [1.29, 1.82) is 0 Å². The van der Waals surface area contributed by atoms with Gasteiger partial charge in [-0.2, -0.15) is 0 Å². The van der Waals surface area contributed by atoms with Crippen molar-refractivity contribution in [3.63, 3.8) is 0 Å². The molecule has 0 saturated carbocycles. The lowest BCUT2D eigenvalue weighted by Gasteiger charge is -1.98. The van der Waals surface area contributed by atoms with E-state index in [0.717, 1.165) is 0 Å². The number of aromatic nitrogens is 1. The van der Waals surface area contributed by atoms with Gasteiger partial charge in [-0.15, -0.1) is 0 Å². The maximum Gasteiger partial charge on any atom is 0.315 e. The molecule has 0 bridgehead atoms. The molecular formula is C7H9N5O2. The topological polar surface area (TPSA) is 116 Å². The molecule has 1 heterocycles. The van der Waals surface area contributed by atoms with E-state index >= 15 is 0 Å². The SMILES string of the molecule is NN=NC(=O)c1cccc(CON)n1. The van der Waals surface area contributed by atoms with E-state index in [4.69, 9.17) is 11.7 Å². The van der Waals surface area contributed by atoms with Crippen LogP contribution in [-0.4, -0.2) is 10.9 Å². The van der Waals surface area contributed by atoms with Crippen LogP contribution in [0.15, 0.2) is 28.5 Å². The van der Waals surface area contributed by atoms with Crippen LogP contribution in [0.3, 0.4) is 0 Å². The highest BCUT2D eigenvalue weighted by molar-refractivity contribution is 5.92. The van der Waals surface area contributed by atoms with Gasteiger partial charge in [0.25, 0.3) is 0 Å².